The van der Waals surface area contributed by atoms with E-state index in [9.17, 15) is 14.4 Å². The third-order valence-corrected chi connectivity index (χ3v) is 5.90. The Morgan fingerprint density at radius 3 is 2.45 bits per heavy atom. The molecule has 1 unspecified atom stereocenters. The van der Waals surface area contributed by atoms with Crippen LogP contribution in [0.1, 0.15) is 62.8 Å². The monoisotopic (exact) mass is 400 g/mol. The summed E-state index contributed by atoms with van der Waals surface area (Å²) in [5, 5.41) is 5.57. The van der Waals surface area contributed by atoms with Crippen molar-refractivity contribution in [3.05, 3.63) is 29.8 Å². The Bertz CT molecular complexity index is 711. The first-order chi connectivity index (χ1) is 14.1. The van der Waals surface area contributed by atoms with E-state index in [1.54, 1.807) is 0 Å². The zero-order valence-corrected chi connectivity index (χ0v) is 17.0. The highest BCUT2D eigenvalue weighted by molar-refractivity contribution is 6.01. The number of amides is 3. The molecule has 0 saturated carbocycles. The van der Waals surface area contributed by atoms with Crippen molar-refractivity contribution in [1.82, 2.24) is 10.2 Å². The Hall–Kier alpha value is -2.41. The van der Waals surface area contributed by atoms with Gasteiger partial charge in [-0.25, -0.2) is 0 Å². The van der Waals surface area contributed by atoms with Crippen LogP contribution < -0.4 is 16.4 Å². The molecule has 2 saturated heterocycles. The molecule has 29 heavy (non-hydrogen) atoms. The Morgan fingerprint density at radius 2 is 1.79 bits per heavy atom. The number of carbonyl (C=O) groups excluding carboxylic acids is 3. The van der Waals surface area contributed by atoms with Gasteiger partial charge in [-0.15, -0.1) is 0 Å². The summed E-state index contributed by atoms with van der Waals surface area (Å²) in [6, 6.07) is 7.83. The molecule has 2 aliphatic heterocycles. The summed E-state index contributed by atoms with van der Waals surface area (Å²) in [5.74, 6) is 0.263. The van der Waals surface area contributed by atoms with Crippen LogP contribution in [0.4, 0.5) is 5.69 Å². The number of imide groups is 1. The van der Waals surface area contributed by atoms with Gasteiger partial charge in [0.1, 0.15) is 6.04 Å². The van der Waals surface area contributed by atoms with E-state index < -0.39 is 0 Å². The van der Waals surface area contributed by atoms with Gasteiger partial charge in [0.05, 0.1) is 0 Å². The average molecular weight is 401 g/mol. The van der Waals surface area contributed by atoms with Gasteiger partial charge in [-0.3, -0.25) is 19.7 Å². The number of piperidine rings is 2. The van der Waals surface area contributed by atoms with E-state index in [2.05, 4.69) is 22.8 Å². The van der Waals surface area contributed by atoms with Crippen LogP contribution in [0.25, 0.3) is 0 Å². The molecule has 0 aromatic heterocycles. The minimum Gasteiger partial charge on any atom is -0.374 e. The van der Waals surface area contributed by atoms with Crippen LogP contribution in [0.15, 0.2) is 24.3 Å². The van der Waals surface area contributed by atoms with Gasteiger partial charge in [0.15, 0.2) is 0 Å². The smallest absolute Gasteiger partial charge is 0.249 e. The number of nitrogens with zero attached hydrogens (tertiary/aromatic N) is 1. The quantitative estimate of drug-likeness (QED) is 0.458. The molecule has 2 aliphatic rings. The lowest BCUT2D eigenvalue weighted by atomic mass is 9.89. The predicted octanol–water partition coefficient (Wildman–Crippen LogP) is 2.13. The topological polar surface area (TPSA) is 105 Å². The molecule has 2 heterocycles. The van der Waals surface area contributed by atoms with Gasteiger partial charge in [0.2, 0.25) is 17.7 Å². The Labute approximate surface area is 172 Å². The van der Waals surface area contributed by atoms with Crippen LogP contribution in [-0.2, 0) is 14.4 Å². The summed E-state index contributed by atoms with van der Waals surface area (Å²) in [4.78, 5) is 37.4. The van der Waals surface area contributed by atoms with Crippen LogP contribution in [0.3, 0.4) is 0 Å². The van der Waals surface area contributed by atoms with E-state index in [-0.39, 0.29) is 23.8 Å². The molecule has 7 nitrogen and oxygen atoms in total. The molecule has 2 fully saturated rings. The van der Waals surface area contributed by atoms with Crippen LogP contribution in [0.2, 0.25) is 0 Å². The summed E-state index contributed by atoms with van der Waals surface area (Å²) in [7, 11) is 0. The number of anilines is 1. The minimum atomic E-state index is -0.363. The van der Waals surface area contributed by atoms with Crippen LogP contribution in [0.5, 0.6) is 0 Å². The van der Waals surface area contributed by atoms with Gasteiger partial charge >= 0.3 is 0 Å². The van der Waals surface area contributed by atoms with Crippen LogP contribution in [0, 0.1) is 0 Å². The SMILES string of the molecule is NCCCCCC(=O)N1CCC(c2ccc(NC3CCC(=O)NC3=O)cc2)CC1. The van der Waals surface area contributed by atoms with E-state index in [4.69, 9.17) is 5.73 Å². The second-order valence-corrected chi connectivity index (χ2v) is 8.02. The number of carbonyl (C=O) groups is 3. The van der Waals surface area contributed by atoms with Crippen molar-refractivity contribution in [1.29, 1.82) is 0 Å². The van der Waals surface area contributed by atoms with E-state index >= 15 is 0 Å². The molecule has 0 radical (unpaired) electrons. The number of unbranched alkanes of at least 4 members (excludes halogenated alkanes) is 2. The molecule has 4 N–H and O–H groups in total. The lowest BCUT2D eigenvalue weighted by Gasteiger charge is -2.32. The number of hydrogen-bond acceptors (Lipinski definition) is 5. The molecule has 3 amide bonds. The van der Waals surface area contributed by atoms with Gasteiger partial charge in [0.25, 0.3) is 0 Å². The fourth-order valence-corrected chi connectivity index (χ4v) is 4.10. The highest BCUT2D eigenvalue weighted by Gasteiger charge is 2.27. The van der Waals surface area contributed by atoms with Crippen molar-refractivity contribution in [2.75, 3.05) is 25.0 Å². The molecule has 0 aliphatic carbocycles. The lowest BCUT2D eigenvalue weighted by molar-refractivity contribution is -0.134. The Balaban J connectivity index is 1.44. The number of likely N-dealkylation sites (tertiary alicyclic amines) is 1. The fraction of sp³-hybridized carbons (Fsp3) is 0.591. The largest absolute Gasteiger partial charge is 0.374 e. The molecule has 0 bridgehead atoms. The number of hydrogen-bond donors (Lipinski definition) is 3. The highest BCUT2D eigenvalue weighted by Crippen LogP contribution is 2.29. The first-order valence-corrected chi connectivity index (χ1v) is 10.7. The van der Waals surface area contributed by atoms with Gasteiger partial charge < -0.3 is 16.0 Å². The van der Waals surface area contributed by atoms with Crippen molar-refractivity contribution >= 4 is 23.4 Å². The normalized spacial score (nSPS) is 20.4. The van der Waals surface area contributed by atoms with E-state index in [0.29, 0.717) is 31.7 Å². The number of nitrogens with two attached hydrogens (primary N) is 1. The second-order valence-electron chi connectivity index (χ2n) is 8.02. The summed E-state index contributed by atoms with van der Waals surface area (Å²) in [5.41, 5.74) is 7.65. The first-order valence-electron chi connectivity index (χ1n) is 10.7. The molecule has 1 atom stereocenters. The van der Waals surface area contributed by atoms with Crippen molar-refractivity contribution in [3.8, 4) is 0 Å². The zero-order chi connectivity index (χ0) is 20.6. The van der Waals surface area contributed by atoms with Crippen molar-refractivity contribution in [2.45, 2.75) is 63.3 Å². The fourth-order valence-electron chi connectivity index (χ4n) is 4.10. The van der Waals surface area contributed by atoms with Gasteiger partial charge in [-0.1, -0.05) is 18.6 Å². The van der Waals surface area contributed by atoms with Gasteiger partial charge in [-0.2, -0.15) is 0 Å². The van der Waals surface area contributed by atoms with Crippen molar-refractivity contribution < 1.29 is 14.4 Å². The maximum Gasteiger partial charge on any atom is 0.249 e. The molecule has 7 heteroatoms. The zero-order valence-electron chi connectivity index (χ0n) is 17.0. The highest BCUT2D eigenvalue weighted by atomic mass is 16.2. The van der Waals surface area contributed by atoms with Gasteiger partial charge in [-0.05, 0) is 62.3 Å². The molecular formula is C22H32N4O3. The van der Waals surface area contributed by atoms with Crippen LogP contribution in [-0.4, -0.2) is 48.3 Å². The molecule has 1 aromatic rings. The molecule has 158 valence electrons. The van der Waals surface area contributed by atoms with E-state index in [0.717, 1.165) is 50.9 Å². The van der Waals surface area contributed by atoms with E-state index in [1.165, 1.54) is 5.56 Å². The maximum absolute atomic E-state index is 12.3. The average Bonchev–Trinajstić information content (AvgIpc) is 2.74. The molecule has 0 spiro atoms. The second kappa shape index (κ2) is 10.4. The lowest BCUT2D eigenvalue weighted by Crippen LogP contribution is -2.47. The number of rotatable bonds is 8. The molecule has 1 aromatic carbocycles. The summed E-state index contributed by atoms with van der Waals surface area (Å²) >= 11 is 0. The standard InChI is InChI=1S/C22H32N4O3/c23-13-3-1-2-4-21(28)26-14-11-17(12-15-26)16-5-7-18(8-6-16)24-19-9-10-20(27)25-22(19)29/h5-8,17,19,24H,1-4,9-15,23H2,(H,25,27,29). The maximum atomic E-state index is 12.3. The first kappa shape index (κ1) is 21.3. The van der Waals surface area contributed by atoms with Gasteiger partial charge in [0, 0.05) is 31.6 Å². The summed E-state index contributed by atoms with van der Waals surface area (Å²) in [6.45, 7) is 2.33. The Kier molecular flexibility index (Phi) is 7.63. The summed E-state index contributed by atoms with van der Waals surface area (Å²) < 4.78 is 0. The number of benzene rings is 1. The van der Waals surface area contributed by atoms with Crippen molar-refractivity contribution in [3.63, 3.8) is 0 Å². The predicted molar refractivity (Wildman–Crippen MR) is 112 cm³/mol. The summed E-state index contributed by atoms with van der Waals surface area (Å²) in [6.07, 6.45) is 6.42. The van der Waals surface area contributed by atoms with Crippen LogP contribution >= 0.6 is 0 Å². The van der Waals surface area contributed by atoms with Crippen molar-refractivity contribution in [2.24, 2.45) is 5.73 Å². The molecular weight excluding hydrogens is 368 g/mol. The minimum absolute atomic E-state index is 0.205. The third kappa shape index (κ3) is 6.03. The third-order valence-electron chi connectivity index (χ3n) is 5.90. The number of nitrogens with one attached hydrogen (secondary N) is 2. The molecule has 3 rings (SSSR count). The van der Waals surface area contributed by atoms with E-state index in [1.807, 2.05) is 17.0 Å². The Morgan fingerprint density at radius 1 is 1.07 bits per heavy atom.